The van der Waals surface area contributed by atoms with Crippen molar-refractivity contribution in [2.24, 2.45) is 0 Å². The number of fused-ring (bicyclic) bond motifs is 1. The van der Waals surface area contributed by atoms with Gasteiger partial charge in [0.1, 0.15) is 11.2 Å². The molecule has 0 radical (unpaired) electrons. The lowest BCUT2D eigenvalue weighted by atomic mass is 9.73. The van der Waals surface area contributed by atoms with E-state index in [0.29, 0.717) is 25.2 Å². The standard InChI is InChI=1S/C17H18O3S/c1-2-12-7-8-13(21-12)11-17(16(18)19)9-10-20-15-6-4-3-5-14(15)17/h3-8H,2,9-11H2,1H3,(H,18,19). The van der Waals surface area contributed by atoms with E-state index in [4.69, 9.17) is 4.74 Å². The summed E-state index contributed by atoms with van der Waals surface area (Å²) in [6.45, 7) is 2.57. The Morgan fingerprint density at radius 3 is 2.76 bits per heavy atom. The van der Waals surface area contributed by atoms with Crippen LogP contribution >= 0.6 is 11.3 Å². The molecular formula is C17H18O3S. The predicted octanol–water partition coefficient (Wildman–Crippen LogP) is 3.66. The van der Waals surface area contributed by atoms with Gasteiger partial charge in [-0.25, -0.2) is 0 Å². The number of thiophene rings is 1. The van der Waals surface area contributed by atoms with Crippen LogP contribution in [0.4, 0.5) is 0 Å². The molecule has 0 amide bonds. The van der Waals surface area contributed by atoms with E-state index in [1.165, 1.54) is 4.88 Å². The van der Waals surface area contributed by atoms with Crippen molar-refractivity contribution in [1.29, 1.82) is 0 Å². The Kier molecular flexibility index (Phi) is 3.72. The first-order chi connectivity index (χ1) is 10.2. The van der Waals surface area contributed by atoms with Crippen LogP contribution in [0, 0.1) is 0 Å². The fraction of sp³-hybridized carbons (Fsp3) is 0.353. The van der Waals surface area contributed by atoms with Gasteiger partial charge < -0.3 is 9.84 Å². The minimum atomic E-state index is -0.870. The minimum absolute atomic E-state index is 0.454. The monoisotopic (exact) mass is 302 g/mol. The van der Waals surface area contributed by atoms with Gasteiger partial charge in [-0.05, 0) is 24.6 Å². The molecule has 0 saturated heterocycles. The molecule has 2 heterocycles. The van der Waals surface area contributed by atoms with Crippen LogP contribution in [0.3, 0.4) is 0 Å². The quantitative estimate of drug-likeness (QED) is 0.937. The van der Waals surface area contributed by atoms with Gasteiger partial charge in [-0.3, -0.25) is 4.79 Å². The maximum Gasteiger partial charge on any atom is 0.314 e. The Morgan fingerprint density at radius 1 is 1.29 bits per heavy atom. The van der Waals surface area contributed by atoms with Gasteiger partial charge in [0, 0.05) is 28.2 Å². The normalized spacial score (nSPS) is 20.6. The van der Waals surface area contributed by atoms with Gasteiger partial charge >= 0.3 is 5.97 Å². The van der Waals surface area contributed by atoms with Crippen molar-refractivity contribution < 1.29 is 14.6 Å². The fourth-order valence-electron chi connectivity index (χ4n) is 2.94. The number of carbonyl (C=O) groups is 1. The van der Waals surface area contributed by atoms with Crippen LogP contribution in [0.15, 0.2) is 36.4 Å². The number of hydrogen-bond donors (Lipinski definition) is 1. The molecule has 1 atom stereocenters. The van der Waals surface area contributed by atoms with Crippen molar-refractivity contribution in [3.05, 3.63) is 51.7 Å². The summed E-state index contributed by atoms with van der Waals surface area (Å²) in [4.78, 5) is 14.5. The van der Waals surface area contributed by atoms with E-state index >= 15 is 0 Å². The maximum atomic E-state index is 12.1. The summed E-state index contributed by atoms with van der Waals surface area (Å²) in [6.07, 6.45) is 2.04. The number of benzene rings is 1. The highest BCUT2D eigenvalue weighted by Gasteiger charge is 2.45. The Bertz CT molecular complexity index is 662. The van der Waals surface area contributed by atoms with E-state index in [1.807, 2.05) is 24.3 Å². The number of aryl methyl sites for hydroxylation is 1. The zero-order valence-corrected chi connectivity index (χ0v) is 12.8. The van der Waals surface area contributed by atoms with Gasteiger partial charge in [-0.2, -0.15) is 0 Å². The number of hydrogen-bond acceptors (Lipinski definition) is 3. The molecule has 21 heavy (non-hydrogen) atoms. The Morgan fingerprint density at radius 2 is 2.05 bits per heavy atom. The van der Waals surface area contributed by atoms with Crippen LogP contribution < -0.4 is 4.74 Å². The SMILES string of the molecule is CCc1ccc(CC2(C(=O)O)CCOc3ccccc32)s1. The van der Waals surface area contributed by atoms with Crippen molar-refractivity contribution in [3.63, 3.8) is 0 Å². The molecule has 4 heteroatoms. The lowest BCUT2D eigenvalue weighted by Crippen LogP contribution is -2.42. The van der Waals surface area contributed by atoms with Gasteiger partial charge in [0.2, 0.25) is 0 Å². The second-order valence-corrected chi connectivity index (χ2v) is 6.63. The van der Waals surface area contributed by atoms with Crippen molar-refractivity contribution >= 4 is 17.3 Å². The lowest BCUT2D eigenvalue weighted by molar-refractivity contribution is -0.145. The van der Waals surface area contributed by atoms with E-state index in [0.717, 1.165) is 16.9 Å². The van der Waals surface area contributed by atoms with Gasteiger partial charge in [0.15, 0.2) is 0 Å². The summed E-state index contributed by atoms with van der Waals surface area (Å²) in [7, 11) is 0. The molecule has 1 N–H and O–H groups in total. The van der Waals surface area contributed by atoms with Crippen LogP contribution in [-0.2, 0) is 23.1 Å². The van der Waals surface area contributed by atoms with Crippen LogP contribution in [0.1, 0.15) is 28.7 Å². The molecule has 0 bridgehead atoms. The smallest absolute Gasteiger partial charge is 0.314 e. The van der Waals surface area contributed by atoms with Gasteiger partial charge in [0.05, 0.1) is 6.61 Å². The van der Waals surface area contributed by atoms with Gasteiger partial charge in [-0.15, -0.1) is 11.3 Å². The molecule has 0 fully saturated rings. The third-order valence-electron chi connectivity index (χ3n) is 4.14. The number of para-hydroxylation sites is 1. The van der Waals surface area contributed by atoms with E-state index in [-0.39, 0.29) is 0 Å². The molecule has 110 valence electrons. The first kappa shape index (κ1) is 14.1. The molecule has 3 nitrogen and oxygen atoms in total. The van der Waals surface area contributed by atoms with E-state index in [1.54, 1.807) is 11.3 Å². The first-order valence-electron chi connectivity index (χ1n) is 7.19. The van der Waals surface area contributed by atoms with Crippen LogP contribution in [-0.4, -0.2) is 17.7 Å². The van der Waals surface area contributed by atoms with E-state index < -0.39 is 11.4 Å². The van der Waals surface area contributed by atoms with E-state index in [9.17, 15) is 9.90 Å². The molecule has 1 unspecified atom stereocenters. The average Bonchev–Trinajstić information content (AvgIpc) is 2.95. The highest BCUT2D eigenvalue weighted by atomic mass is 32.1. The molecule has 1 aromatic carbocycles. The summed E-state index contributed by atoms with van der Waals surface area (Å²) < 4.78 is 5.63. The highest BCUT2D eigenvalue weighted by molar-refractivity contribution is 7.12. The number of ether oxygens (including phenoxy) is 1. The molecule has 1 aliphatic rings. The number of carboxylic acids is 1. The van der Waals surface area contributed by atoms with Crippen molar-refractivity contribution in [2.45, 2.75) is 31.6 Å². The second kappa shape index (κ2) is 5.53. The first-order valence-corrected chi connectivity index (χ1v) is 8.00. The fourth-order valence-corrected chi connectivity index (χ4v) is 4.02. The summed E-state index contributed by atoms with van der Waals surface area (Å²) in [5, 5.41) is 9.91. The Hall–Kier alpha value is -1.81. The largest absolute Gasteiger partial charge is 0.493 e. The average molecular weight is 302 g/mol. The number of rotatable bonds is 4. The zero-order chi connectivity index (χ0) is 14.9. The maximum absolute atomic E-state index is 12.1. The topological polar surface area (TPSA) is 46.5 Å². The predicted molar refractivity (Wildman–Crippen MR) is 83.3 cm³/mol. The highest BCUT2D eigenvalue weighted by Crippen LogP contribution is 2.42. The molecule has 0 saturated carbocycles. The third kappa shape index (κ3) is 2.44. The molecule has 0 spiro atoms. The second-order valence-electron chi connectivity index (χ2n) is 5.38. The van der Waals surface area contributed by atoms with Gasteiger partial charge in [0.25, 0.3) is 0 Å². The minimum Gasteiger partial charge on any atom is -0.493 e. The lowest BCUT2D eigenvalue weighted by Gasteiger charge is -2.35. The van der Waals surface area contributed by atoms with Crippen LogP contribution in [0.25, 0.3) is 0 Å². The Balaban J connectivity index is 2.03. The zero-order valence-electron chi connectivity index (χ0n) is 12.0. The molecule has 2 aromatic rings. The molecule has 0 aliphatic carbocycles. The van der Waals surface area contributed by atoms with Crippen LogP contribution in [0.2, 0.25) is 0 Å². The number of carboxylic acid groups (broad SMARTS) is 1. The molecular weight excluding hydrogens is 284 g/mol. The van der Waals surface area contributed by atoms with Crippen molar-refractivity contribution in [3.8, 4) is 5.75 Å². The van der Waals surface area contributed by atoms with Gasteiger partial charge in [-0.1, -0.05) is 25.1 Å². The van der Waals surface area contributed by atoms with Crippen LogP contribution in [0.5, 0.6) is 5.75 Å². The van der Waals surface area contributed by atoms with E-state index in [2.05, 4.69) is 19.1 Å². The summed E-state index contributed by atoms with van der Waals surface area (Å²) in [5.41, 5.74) is -0.0692. The Labute approximate surface area is 128 Å². The summed E-state index contributed by atoms with van der Waals surface area (Å²) in [6, 6.07) is 11.7. The molecule has 1 aliphatic heterocycles. The molecule has 1 aromatic heterocycles. The summed E-state index contributed by atoms with van der Waals surface area (Å²) >= 11 is 1.71. The van der Waals surface area contributed by atoms with Crippen molar-refractivity contribution in [1.82, 2.24) is 0 Å². The molecule has 3 rings (SSSR count). The summed E-state index contributed by atoms with van der Waals surface area (Å²) in [5.74, 6) is -0.0527. The number of aliphatic carboxylic acids is 1. The third-order valence-corrected chi connectivity index (χ3v) is 5.37. The van der Waals surface area contributed by atoms with Crippen molar-refractivity contribution in [2.75, 3.05) is 6.61 Å².